The molecule has 50 heavy (non-hydrogen) atoms. The van der Waals surface area contributed by atoms with Crippen molar-refractivity contribution >= 4 is 23.6 Å². The Morgan fingerprint density at radius 1 is 1.06 bits per heavy atom. The first-order chi connectivity index (χ1) is 23.8. The van der Waals surface area contributed by atoms with Gasteiger partial charge in [0.05, 0.1) is 36.6 Å². The molecule has 8 atom stereocenters. The SMILES string of the molecule is CC[C@H](C)[C@@H]([C@@H](CC(=O)N1CCC[C@H]1[C@H](OC)[C@@H](C)C(=O)NCCC1C=CC=CC=C1)OC)N(C)C(=O)[C@@H](NC(=O)C1(F)CCNC1)C(C)C. The Morgan fingerprint density at radius 3 is 2.30 bits per heavy atom. The zero-order valence-electron chi connectivity index (χ0n) is 31.5. The molecule has 3 rings (SSSR count). The highest BCUT2D eigenvalue weighted by molar-refractivity contribution is 5.92. The fourth-order valence-electron chi connectivity index (χ4n) is 7.49. The Labute approximate surface area is 298 Å². The van der Waals surface area contributed by atoms with Crippen molar-refractivity contribution < 1.29 is 33.0 Å². The molecule has 0 spiro atoms. The molecular formula is C38H62FN5O6. The lowest BCUT2D eigenvalue weighted by Crippen LogP contribution is -2.59. The van der Waals surface area contributed by atoms with E-state index in [0.29, 0.717) is 32.5 Å². The summed E-state index contributed by atoms with van der Waals surface area (Å²) in [7, 11) is 4.79. The lowest BCUT2D eigenvalue weighted by Gasteiger charge is -2.41. The lowest BCUT2D eigenvalue weighted by atomic mass is 9.89. The second-order valence-corrected chi connectivity index (χ2v) is 14.6. The van der Waals surface area contributed by atoms with Gasteiger partial charge in [0.2, 0.25) is 23.4 Å². The molecule has 2 aliphatic heterocycles. The van der Waals surface area contributed by atoms with Gasteiger partial charge < -0.3 is 35.2 Å². The molecule has 11 nitrogen and oxygen atoms in total. The number of alkyl halides is 1. The Kier molecular flexibility index (Phi) is 16.1. The second kappa shape index (κ2) is 19.5. The molecule has 0 aromatic heterocycles. The Morgan fingerprint density at radius 2 is 1.74 bits per heavy atom. The van der Waals surface area contributed by atoms with Gasteiger partial charge in [0, 0.05) is 47.3 Å². The van der Waals surface area contributed by atoms with Crippen LogP contribution in [0, 0.1) is 23.7 Å². The van der Waals surface area contributed by atoms with Crippen LogP contribution < -0.4 is 16.0 Å². The van der Waals surface area contributed by atoms with E-state index in [9.17, 15) is 19.2 Å². The number of ether oxygens (including phenoxy) is 2. The van der Waals surface area contributed by atoms with Gasteiger partial charge >= 0.3 is 0 Å². The Balaban J connectivity index is 1.70. The Hall–Kier alpha value is -3.09. The fraction of sp³-hybridized carbons (Fsp3) is 0.737. The average molecular weight is 704 g/mol. The molecule has 0 aromatic rings. The standard InChI is InChI=1S/C38H62FN5O6/c1-9-26(4)33(43(6)36(47)32(25(2)3)42-37(48)38(39)19-21-40-24-38)30(49-7)23-31(45)44-22-14-17-29(44)34(50-8)27(5)35(46)41-20-18-28-15-12-10-11-13-16-28/h10-13,15-16,25-30,32-34,40H,9,14,17-24H2,1-8H3,(H,41,46)(H,42,48)/t26-,27+,29-,30+,32-,33-,34+,38?/m0/s1. The summed E-state index contributed by atoms with van der Waals surface area (Å²) in [6.07, 6.45) is 14.1. The number of carbonyl (C=O) groups excluding carboxylic acids is 4. The van der Waals surface area contributed by atoms with Crippen LogP contribution in [0.3, 0.4) is 0 Å². The predicted octanol–water partition coefficient (Wildman–Crippen LogP) is 3.55. The first kappa shape index (κ1) is 41.3. The van der Waals surface area contributed by atoms with E-state index in [4.69, 9.17) is 9.47 Å². The summed E-state index contributed by atoms with van der Waals surface area (Å²) >= 11 is 0. The minimum Gasteiger partial charge on any atom is -0.379 e. The third-order valence-electron chi connectivity index (χ3n) is 10.8. The largest absolute Gasteiger partial charge is 0.379 e. The number of likely N-dealkylation sites (tertiary alicyclic amines) is 1. The molecule has 0 aromatic carbocycles. The van der Waals surface area contributed by atoms with E-state index < -0.39 is 41.8 Å². The van der Waals surface area contributed by atoms with Gasteiger partial charge in [-0.3, -0.25) is 19.2 Å². The first-order valence-electron chi connectivity index (χ1n) is 18.4. The van der Waals surface area contributed by atoms with Crippen LogP contribution in [0.1, 0.15) is 73.1 Å². The third kappa shape index (κ3) is 10.5. The van der Waals surface area contributed by atoms with E-state index in [0.717, 1.165) is 12.8 Å². The maximum atomic E-state index is 15.3. The molecule has 0 bridgehead atoms. The second-order valence-electron chi connectivity index (χ2n) is 14.6. The summed E-state index contributed by atoms with van der Waals surface area (Å²) in [6.45, 7) is 10.9. The van der Waals surface area contributed by atoms with Gasteiger partial charge in [-0.25, -0.2) is 4.39 Å². The minimum atomic E-state index is -2.06. The quantitative estimate of drug-likeness (QED) is 0.199. The molecule has 0 saturated carbocycles. The van der Waals surface area contributed by atoms with Gasteiger partial charge in [-0.05, 0) is 43.6 Å². The molecule has 0 radical (unpaired) electrons. The first-order valence-corrected chi connectivity index (χ1v) is 18.4. The van der Waals surface area contributed by atoms with Crippen molar-refractivity contribution in [2.24, 2.45) is 23.7 Å². The van der Waals surface area contributed by atoms with Gasteiger partial charge in [-0.1, -0.05) is 77.5 Å². The van der Waals surface area contributed by atoms with Crippen LogP contribution in [0.5, 0.6) is 0 Å². The van der Waals surface area contributed by atoms with Crippen LogP contribution in [-0.2, 0) is 28.7 Å². The summed E-state index contributed by atoms with van der Waals surface area (Å²) in [5.74, 6) is -1.99. The summed E-state index contributed by atoms with van der Waals surface area (Å²) < 4.78 is 27.1. The molecule has 282 valence electrons. The maximum absolute atomic E-state index is 15.3. The van der Waals surface area contributed by atoms with Gasteiger partial charge in [-0.2, -0.15) is 0 Å². The number of carbonyl (C=O) groups is 4. The minimum absolute atomic E-state index is 0.0197. The number of hydrogen-bond acceptors (Lipinski definition) is 7. The number of rotatable bonds is 18. The van der Waals surface area contributed by atoms with E-state index in [1.165, 1.54) is 7.11 Å². The number of nitrogens with one attached hydrogen (secondary N) is 3. The van der Waals surface area contributed by atoms with Crippen LogP contribution in [0.4, 0.5) is 4.39 Å². The topological polar surface area (TPSA) is 129 Å². The smallest absolute Gasteiger partial charge is 0.259 e. The number of nitrogens with zero attached hydrogens (tertiary/aromatic N) is 2. The number of hydrogen-bond donors (Lipinski definition) is 3. The van der Waals surface area contributed by atoms with Crippen LogP contribution in [-0.4, -0.2) is 117 Å². The van der Waals surface area contributed by atoms with Gasteiger partial charge in [0.25, 0.3) is 5.91 Å². The van der Waals surface area contributed by atoms with Crippen molar-refractivity contribution in [3.63, 3.8) is 0 Å². The number of likely N-dealkylation sites (N-methyl/N-ethyl adjacent to an activating group) is 1. The van der Waals surface area contributed by atoms with E-state index in [-0.39, 0.29) is 60.9 Å². The summed E-state index contributed by atoms with van der Waals surface area (Å²) in [5, 5.41) is 8.63. The number of amides is 4. The molecule has 12 heteroatoms. The van der Waals surface area contributed by atoms with Crippen molar-refractivity contribution in [1.82, 2.24) is 25.8 Å². The number of methoxy groups -OCH3 is 2. The number of allylic oxidation sites excluding steroid dienone is 6. The number of halogens is 1. The van der Waals surface area contributed by atoms with E-state index in [1.54, 1.807) is 24.0 Å². The van der Waals surface area contributed by atoms with E-state index in [1.807, 2.05) is 58.9 Å². The van der Waals surface area contributed by atoms with Crippen LogP contribution in [0.15, 0.2) is 36.5 Å². The summed E-state index contributed by atoms with van der Waals surface area (Å²) in [4.78, 5) is 57.7. The molecule has 2 heterocycles. The normalized spacial score (nSPS) is 24.4. The van der Waals surface area contributed by atoms with Gasteiger partial charge in [-0.15, -0.1) is 0 Å². The maximum Gasteiger partial charge on any atom is 0.259 e. The summed E-state index contributed by atoms with van der Waals surface area (Å²) in [5.41, 5.74) is -2.06. The summed E-state index contributed by atoms with van der Waals surface area (Å²) in [6, 6.07) is -1.73. The Bertz CT molecular complexity index is 1220. The molecule has 4 amide bonds. The van der Waals surface area contributed by atoms with Crippen molar-refractivity contribution in [3.05, 3.63) is 36.5 Å². The average Bonchev–Trinajstić information content (AvgIpc) is 3.69. The monoisotopic (exact) mass is 703 g/mol. The van der Waals surface area contributed by atoms with Crippen LogP contribution in [0.25, 0.3) is 0 Å². The highest BCUT2D eigenvalue weighted by Crippen LogP contribution is 2.30. The molecule has 2 saturated heterocycles. The van der Waals surface area contributed by atoms with E-state index in [2.05, 4.69) is 28.1 Å². The predicted molar refractivity (Wildman–Crippen MR) is 193 cm³/mol. The molecule has 3 N–H and O–H groups in total. The molecule has 2 fully saturated rings. The van der Waals surface area contributed by atoms with Gasteiger partial charge in [0.1, 0.15) is 6.04 Å². The zero-order valence-corrected chi connectivity index (χ0v) is 31.5. The van der Waals surface area contributed by atoms with Crippen molar-refractivity contribution in [2.45, 2.75) is 109 Å². The third-order valence-corrected chi connectivity index (χ3v) is 10.8. The van der Waals surface area contributed by atoms with Crippen molar-refractivity contribution in [2.75, 3.05) is 47.4 Å². The molecule has 1 unspecified atom stereocenters. The van der Waals surface area contributed by atoms with Gasteiger partial charge in [0.15, 0.2) is 0 Å². The highest BCUT2D eigenvalue weighted by Gasteiger charge is 2.45. The van der Waals surface area contributed by atoms with E-state index >= 15 is 4.39 Å². The lowest BCUT2D eigenvalue weighted by molar-refractivity contribution is -0.148. The van der Waals surface area contributed by atoms with Crippen LogP contribution >= 0.6 is 0 Å². The molecular weight excluding hydrogens is 641 g/mol. The molecule has 1 aliphatic carbocycles. The van der Waals surface area contributed by atoms with Crippen LogP contribution in [0.2, 0.25) is 0 Å². The fourth-order valence-corrected chi connectivity index (χ4v) is 7.49. The highest BCUT2D eigenvalue weighted by atomic mass is 19.1. The molecule has 3 aliphatic rings. The van der Waals surface area contributed by atoms with Crippen molar-refractivity contribution in [1.29, 1.82) is 0 Å². The zero-order chi connectivity index (χ0) is 37.0. The van der Waals surface area contributed by atoms with Crippen molar-refractivity contribution in [3.8, 4) is 0 Å².